The van der Waals surface area contributed by atoms with E-state index in [2.05, 4.69) is 20.6 Å². The monoisotopic (exact) mass is 425 g/mol. The number of nitrogens with zero attached hydrogens (tertiary/aromatic N) is 3. The summed E-state index contributed by atoms with van der Waals surface area (Å²) in [6, 6.07) is 15.8. The highest BCUT2D eigenvalue weighted by Crippen LogP contribution is 2.29. The van der Waals surface area contributed by atoms with Crippen molar-refractivity contribution in [1.82, 2.24) is 20.5 Å². The molecule has 7 nitrogen and oxygen atoms in total. The van der Waals surface area contributed by atoms with Gasteiger partial charge in [-0.1, -0.05) is 24.3 Å². The molecule has 0 aliphatic rings. The first-order valence-corrected chi connectivity index (χ1v) is 10.6. The largest absolute Gasteiger partial charge is 0.386 e. The van der Waals surface area contributed by atoms with Crippen molar-refractivity contribution >= 4 is 33.3 Å². The van der Waals surface area contributed by atoms with Crippen LogP contribution in [-0.2, 0) is 11.2 Å². The molecule has 0 bridgehead atoms. The molecule has 0 saturated carbocycles. The van der Waals surface area contributed by atoms with Gasteiger partial charge in [0.1, 0.15) is 6.10 Å². The Morgan fingerprint density at radius 1 is 1.23 bits per heavy atom. The van der Waals surface area contributed by atoms with Gasteiger partial charge in [0.25, 0.3) is 0 Å². The third-order valence-electron chi connectivity index (χ3n) is 4.72. The van der Waals surface area contributed by atoms with Crippen LogP contribution in [0.5, 0.6) is 0 Å². The average molecular weight is 426 g/mol. The van der Waals surface area contributed by atoms with Crippen LogP contribution in [0.1, 0.15) is 16.7 Å². The predicted molar refractivity (Wildman–Crippen MR) is 122 cm³/mol. The fourth-order valence-electron chi connectivity index (χ4n) is 2.93. The number of likely N-dealkylation sites (N-methyl/N-ethyl adjacent to an activating group) is 1. The molecule has 158 valence electrons. The number of fused-ring (bicyclic) bond motifs is 1. The van der Waals surface area contributed by atoms with Gasteiger partial charge < -0.3 is 20.6 Å². The van der Waals surface area contributed by atoms with Gasteiger partial charge in [0, 0.05) is 55.1 Å². The van der Waals surface area contributed by atoms with Gasteiger partial charge >= 0.3 is 0 Å². The second-order valence-corrected chi connectivity index (χ2v) is 8.01. The van der Waals surface area contributed by atoms with Crippen LogP contribution >= 0.6 is 11.3 Å². The second-order valence-electron chi connectivity index (χ2n) is 6.90. The zero-order valence-corrected chi connectivity index (χ0v) is 18.0. The lowest BCUT2D eigenvalue weighted by Crippen LogP contribution is -2.45. The summed E-state index contributed by atoms with van der Waals surface area (Å²) in [7, 11) is 3.41. The van der Waals surface area contributed by atoms with Crippen molar-refractivity contribution < 1.29 is 9.90 Å². The van der Waals surface area contributed by atoms with E-state index in [0.717, 1.165) is 20.7 Å². The van der Waals surface area contributed by atoms with Crippen LogP contribution in [-0.4, -0.2) is 60.6 Å². The Morgan fingerprint density at radius 2 is 2.03 bits per heavy atom. The number of carbonyl (C=O) groups excluding carboxylic acids is 1. The number of aliphatic hydroxyl groups excluding tert-OH is 1. The van der Waals surface area contributed by atoms with E-state index in [1.807, 2.05) is 48.5 Å². The van der Waals surface area contributed by atoms with Crippen LogP contribution in [0, 0.1) is 0 Å². The molecule has 0 aliphatic heterocycles. The third-order valence-corrected chi connectivity index (χ3v) is 5.94. The summed E-state index contributed by atoms with van der Waals surface area (Å²) in [5.41, 5.74) is 0.956. The molecular formula is C22H27N5O2S. The summed E-state index contributed by atoms with van der Waals surface area (Å²) in [6.07, 6.45) is 1.80. The summed E-state index contributed by atoms with van der Waals surface area (Å²) in [5.74, 6) is 0.431. The fraction of sp³-hybridized carbons (Fsp3) is 0.318. The van der Waals surface area contributed by atoms with Gasteiger partial charge in [-0.05, 0) is 29.7 Å². The SMILES string of the molecule is CN=C(NCC(=O)N(C)CCc1ccccn1)NCC(O)c1cc2ccccc2s1. The van der Waals surface area contributed by atoms with E-state index in [1.54, 1.807) is 36.5 Å². The Hall–Kier alpha value is -2.97. The molecule has 3 aromatic rings. The second kappa shape index (κ2) is 10.7. The minimum Gasteiger partial charge on any atom is -0.386 e. The van der Waals surface area contributed by atoms with E-state index in [1.165, 1.54) is 0 Å². The highest BCUT2D eigenvalue weighted by atomic mass is 32.1. The van der Waals surface area contributed by atoms with Crippen molar-refractivity contribution in [2.45, 2.75) is 12.5 Å². The molecule has 1 amide bonds. The first kappa shape index (κ1) is 21.7. The van der Waals surface area contributed by atoms with Gasteiger partial charge in [0.05, 0.1) is 6.54 Å². The van der Waals surface area contributed by atoms with Crippen molar-refractivity contribution in [2.24, 2.45) is 4.99 Å². The molecule has 3 rings (SSSR count). The van der Waals surface area contributed by atoms with E-state index >= 15 is 0 Å². The molecule has 0 radical (unpaired) electrons. The number of hydrogen-bond donors (Lipinski definition) is 3. The van der Waals surface area contributed by atoms with Crippen LogP contribution in [0.25, 0.3) is 10.1 Å². The number of pyridine rings is 1. The molecule has 1 unspecified atom stereocenters. The lowest BCUT2D eigenvalue weighted by Gasteiger charge is -2.19. The Balaban J connectivity index is 1.43. The summed E-state index contributed by atoms with van der Waals surface area (Å²) in [4.78, 5) is 23.3. The lowest BCUT2D eigenvalue weighted by atomic mass is 10.2. The molecule has 0 saturated heterocycles. The van der Waals surface area contributed by atoms with Crippen LogP contribution in [0.2, 0.25) is 0 Å². The van der Waals surface area contributed by atoms with Crippen LogP contribution < -0.4 is 10.6 Å². The van der Waals surface area contributed by atoms with Gasteiger partial charge in [-0.25, -0.2) is 0 Å². The van der Waals surface area contributed by atoms with Gasteiger partial charge in [-0.2, -0.15) is 0 Å². The maximum Gasteiger partial charge on any atom is 0.241 e. The maximum absolute atomic E-state index is 12.4. The summed E-state index contributed by atoms with van der Waals surface area (Å²) >= 11 is 1.57. The van der Waals surface area contributed by atoms with Crippen molar-refractivity contribution in [3.05, 3.63) is 65.3 Å². The van der Waals surface area contributed by atoms with Crippen molar-refractivity contribution in [3.8, 4) is 0 Å². The molecule has 2 heterocycles. The summed E-state index contributed by atoms with van der Waals surface area (Å²) in [6.45, 7) is 1.02. The number of benzene rings is 1. The van der Waals surface area contributed by atoms with Crippen LogP contribution in [0.3, 0.4) is 0 Å². The van der Waals surface area contributed by atoms with E-state index < -0.39 is 6.10 Å². The first-order valence-electron chi connectivity index (χ1n) is 9.81. The number of amides is 1. The summed E-state index contributed by atoms with van der Waals surface area (Å²) in [5, 5.41) is 17.7. The Morgan fingerprint density at radius 3 is 2.77 bits per heavy atom. The number of nitrogens with one attached hydrogen (secondary N) is 2. The Labute approximate surface area is 180 Å². The number of carbonyl (C=O) groups is 1. The number of hydrogen-bond acceptors (Lipinski definition) is 5. The quantitative estimate of drug-likeness (QED) is 0.380. The van der Waals surface area contributed by atoms with Crippen LogP contribution in [0.15, 0.2) is 59.7 Å². The number of guanidine groups is 1. The van der Waals surface area contributed by atoms with E-state index in [0.29, 0.717) is 25.5 Å². The standard InChI is InChI=1S/C22H27N5O2S/c1-23-22(25-14-18(28)20-13-16-7-3-4-9-19(16)30-20)26-15-21(29)27(2)12-10-17-8-5-6-11-24-17/h3-9,11,13,18,28H,10,12,14-15H2,1-2H3,(H2,23,25,26). The predicted octanol–water partition coefficient (Wildman–Crippen LogP) is 2.20. The highest BCUT2D eigenvalue weighted by Gasteiger charge is 2.13. The smallest absolute Gasteiger partial charge is 0.241 e. The van der Waals surface area contributed by atoms with E-state index in [9.17, 15) is 9.90 Å². The zero-order chi connectivity index (χ0) is 21.3. The number of aliphatic imine (C=N–C) groups is 1. The zero-order valence-electron chi connectivity index (χ0n) is 17.2. The van der Waals surface area contributed by atoms with Gasteiger partial charge in [0.2, 0.25) is 5.91 Å². The molecule has 30 heavy (non-hydrogen) atoms. The fourth-order valence-corrected chi connectivity index (χ4v) is 3.98. The van der Waals surface area contributed by atoms with Crippen molar-refractivity contribution in [3.63, 3.8) is 0 Å². The number of aromatic nitrogens is 1. The third kappa shape index (κ3) is 6.01. The van der Waals surface area contributed by atoms with Gasteiger partial charge in [0.15, 0.2) is 5.96 Å². The van der Waals surface area contributed by atoms with Crippen molar-refractivity contribution in [1.29, 1.82) is 0 Å². The number of rotatable bonds is 8. The minimum atomic E-state index is -0.655. The number of thiophene rings is 1. The molecule has 0 spiro atoms. The number of aliphatic hydroxyl groups is 1. The molecule has 1 aromatic carbocycles. The molecule has 1 atom stereocenters. The summed E-state index contributed by atoms with van der Waals surface area (Å²) < 4.78 is 1.15. The highest BCUT2D eigenvalue weighted by molar-refractivity contribution is 7.19. The topological polar surface area (TPSA) is 89.9 Å². The maximum atomic E-state index is 12.4. The minimum absolute atomic E-state index is 0.0427. The first-order chi connectivity index (χ1) is 14.6. The van der Waals surface area contributed by atoms with Gasteiger partial charge in [-0.15, -0.1) is 11.3 Å². The lowest BCUT2D eigenvalue weighted by molar-refractivity contribution is -0.128. The molecule has 8 heteroatoms. The normalized spacial score (nSPS) is 12.6. The van der Waals surface area contributed by atoms with Crippen LogP contribution in [0.4, 0.5) is 0 Å². The Kier molecular flexibility index (Phi) is 7.75. The molecular weight excluding hydrogens is 398 g/mol. The average Bonchev–Trinajstić information content (AvgIpc) is 3.22. The van der Waals surface area contributed by atoms with Gasteiger partial charge in [-0.3, -0.25) is 14.8 Å². The molecule has 0 fully saturated rings. The van der Waals surface area contributed by atoms with E-state index in [4.69, 9.17) is 0 Å². The molecule has 3 N–H and O–H groups in total. The molecule has 0 aliphatic carbocycles. The molecule has 2 aromatic heterocycles. The Bertz CT molecular complexity index is 956. The van der Waals surface area contributed by atoms with Crippen molar-refractivity contribution in [2.75, 3.05) is 33.7 Å². The van der Waals surface area contributed by atoms with E-state index in [-0.39, 0.29) is 12.5 Å².